The fourth-order valence-corrected chi connectivity index (χ4v) is 5.92. The first-order valence-corrected chi connectivity index (χ1v) is 15.8. The first-order valence-electron chi connectivity index (χ1n) is 15.8. The van der Waals surface area contributed by atoms with E-state index in [2.05, 4.69) is 48.3 Å². The molecule has 0 amide bonds. The average molecular weight is 604 g/mol. The zero-order valence-corrected chi connectivity index (χ0v) is 28.1. The molecule has 0 bridgehead atoms. The van der Waals surface area contributed by atoms with Crippen LogP contribution in [0.2, 0.25) is 0 Å². The highest BCUT2D eigenvalue weighted by Gasteiger charge is 2.37. The molecule has 6 nitrogen and oxygen atoms in total. The van der Waals surface area contributed by atoms with Gasteiger partial charge in [-0.15, -0.1) is 0 Å². The molecule has 44 heavy (non-hydrogen) atoms. The molecular formula is C37H50FN3O3. The van der Waals surface area contributed by atoms with Crippen molar-refractivity contribution in [1.29, 1.82) is 0 Å². The van der Waals surface area contributed by atoms with Crippen molar-refractivity contribution < 1.29 is 18.7 Å². The number of benzene rings is 2. The molecule has 1 aliphatic rings. The van der Waals surface area contributed by atoms with Gasteiger partial charge in [-0.3, -0.25) is 4.98 Å². The molecule has 1 aliphatic heterocycles. The number of rotatable bonds is 10. The molecule has 1 saturated heterocycles. The minimum absolute atomic E-state index is 0.181. The van der Waals surface area contributed by atoms with Crippen molar-refractivity contribution in [2.24, 2.45) is 5.41 Å². The van der Waals surface area contributed by atoms with Gasteiger partial charge in [0.05, 0.1) is 17.9 Å². The topological polar surface area (TPSA) is 63.7 Å². The predicted octanol–water partition coefficient (Wildman–Crippen LogP) is 8.15. The van der Waals surface area contributed by atoms with Crippen LogP contribution in [0.3, 0.4) is 0 Å². The maximum absolute atomic E-state index is 13.7. The van der Waals surface area contributed by atoms with Gasteiger partial charge in [-0.2, -0.15) is 0 Å². The number of carbonyl (C=O) groups is 1. The molecule has 238 valence electrons. The van der Waals surface area contributed by atoms with E-state index in [-0.39, 0.29) is 17.8 Å². The lowest BCUT2D eigenvalue weighted by Crippen LogP contribution is -2.39. The SMILES string of the molecule is CCOC(=O)[C@@H](OC(C)(C)C)c1c(C)nc(C)c(-c2ccc(CNCc3ccc(F)c(C)c3)cc2)c1N1CCC(C)(C)CC1. The fourth-order valence-electron chi connectivity index (χ4n) is 5.92. The third-order valence-corrected chi connectivity index (χ3v) is 8.37. The highest BCUT2D eigenvalue weighted by atomic mass is 19.1. The van der Waals surface area contributed by atoms with Crippen LogP contribution in [0.4, 0.5) is 10.1 Å². The summed E-state index contributed by atoms with van der Waals surface area (Å²) in [5.41, 5.74) is 8.13. The van der Waals surface area contributed by atoms with Crippen molar-refractivity contribution in [3.05, 3.63) is 81.9 Å². The highest BCUT2D eigenvalue weighted by molar-refractivity contribution is 5.88. The third-order valence-electron chi connectivity index (χ3n) is 8.37. The van der Waals surface area contributed by atoms with Crippen molar-refractivity contribution in [3.63, 3.8) is 0 Å². The number of carbonyl (C=O) groups excluding carboxylic acids is 1. The number of esters is 1. The lowest BCUT2D eigenvalue weighted by molar-refractivity contribution is -0.166. The molecule has 0 radical (unpaired) electrons. The molecule has 1 atom stereocenters. The number of pyridine rings is 1. The highest BCUT2D eigenvalue weighted by Crippen LogP contribution is 2.45. The van der Waals surface area contributed by atoms with E-state index >= 15 is 0 Å². The summed E-state index contributed by atoms with van der Waals surface area (Å²) >= 11 is 0. The summed E-state index contributed by atoms with van der Waals surface area (Å²) in [6.45, 7) is 21.5. The van der Waals surface area contributed by atoms with E-state index in [9.17, 15) is 9.18 Å². The summed E-state index contributed by atoms with van der Waals surface area (Å²) in [6, 6.07) is 13.8. The normalized spacial score (nSPS) is 15.7. The number of aromatic nitrogens is 1. The summed E-state index contributed by atoms with van der Waals surface area (Å²) in [4.78, 5) is 20.9. The van der Waals surface area contributed by atoms with Gasteiger partial charge in [0.1, 0.15) is 5.82 Å². The van der Waals surface area contributed by atoms with E-state index < -0.39 is 17.7 Å². The minimum Gasteiger partial charge on any atom is -0.464 e. The Hall–Kier alpha value is -3.29. The van der Waals surface area contributed by atoms with Crippen LogP contribution in [0.1, 0.15) is 94.1 Å². The Labute approximate surface area is 263 Å². The molecule has 4 rings (SSSR count). The molecule has 2 aromatic carbocycles. The summed E-state index contributed by atoms with van der Waals surface area (Å²) in [6.07, 6.45) is 1.20. The molecule has 7 heteroatoms. The molecule has 1 fully saturated rings. The van der Waals surface area contributed by atoms with Crippen molar-refractivity contribution in [2.75, 3.05) is 24.6 Å². The number of ether oxygens (including phenoxy) is 2. The van der Waals surface area contributed by atoms with Crippen LogP contribution in [0.15, 0.2) is 42.5 Å². The van der Waals surface area contributed by atoms with E-state index in [4.69, 9.17) is 14.5 Å². The van der Waals surface area contributed by atoms with Gasteiger partial charge in [0.15, 0.2) is 6.10 Å². The van der Waals surface area contributed by atoms with Crippen LogP contribution in [-0.2, 0) is 27.4 Å². The number of hydrogen-bond donors (Lipinski definition) is 1. The first kappa shape index (κ1) is 33.6. The fraction of sp³-hybridized carbons (Fsp3) is 0.514. The third kappa shape index (κ3) is 8.24. The Bertz CT molecular complexity index is 1450. The lowest BCUT2D eigenvalue weighted by Gasteiger charge is -2.41. The molecule has 2 heterocycles. The first-order chi connectivity index (χ1) is 20.7. The maximum atomic E-state index is 13.7. The van der Waals surface area contributed by atoms with E-state index in [1.165, 1.54) is 6.07 Å². The van der Waals surface area contributed by atoms with Crippen LogP contribution in [0.5, 0.6) is 0 Å². The zero-order valence-electron chi connectivity index (χ0n) is 28.1. The number of halogens is 1. The standard InChI is InChI=1S/C37H50FN3O3/c1-10-43-35(42)34(44-36(5,6)7)32-26(4)40-25(3)31(33(32)41-19-17-37(8,9)18-20-41)29-14-11-27(12-15-29)22-39-23-28-13-16-30(38)24(2)21-28/h11-16,21,34,39H,10,17-20,22-23H2,1-9H3/t34-/m0/s1. The Kier molecular flexibility index (Phi) is 10.5. The number of nitrogens with zero attached hydrogens (tertiary/aromatic N) is 2. The second kappa shape index (κ2) is 13.8. The molecule has 3 aromatic rings. The van der Waals surface area contributed by atoms with E-state index in [1.807, 2.05) is 53.7 Å². The van der Waals surface area contributed by atoms with Crippen molar-refractivity contribution in [3.8, 4) is 11.1 Å². The van der Waals surface area contributed by atoms with Gasteiger partial charge in [-0.1, -0.05) is 50.2 Å². The zero-order chi connectivity index (χ0) is 32.2. The van der Waals surface area contributed by atoms with Gasteiger partial charge in [0.25, 0.3) is 0 Å². The molecule has 0 unspecified atom stereocenters. The van der Waals surface area contributed by atoms with Gasteiger partial charge in [0, 0.05) is 48.7 Å². The Morgan fingerprint density at radius 3 is 2.20 bits per heavy atom. The predicted molar refractivity (Wildman–Crippen MR) is 176 cm³/mol. The second-order valence-electron chi connectivity index (χ2n) is 13.8. The molecular weight excluding hydrogens is 553 g/mol. The van der Waals surface area contributed by atoms with Gasteiger partial charge < -0.3 is 19.7 Å². The Morgan fingerprint density at radius 1 is 1.00 bits per heavy atom. The number of piperidine rings is 1. The van der Waals surface area contributed by atoms with Crippen LogP contribution in [-0.4, -0.2) is 36.3 Å². The molecule has 0 saturated carbocycles. The monoisotopic (exact) mass is 603 g/mol. The Morgan fingerprint density at radius 2 is 1.61 bits per heavy atom. The summed E-state index contributed by atoms with van der Waals surface area (Å²) in [5.74, 6) is -0.571. The van der Waals surface area contributed by atoms with Crippen molar-refractivity contribution in [2.45, 2.75) is 99.9 Å². The number of hydrogen-bond acceptors (Lipinski definition) is 6. The van der Waals surface area contributed by atoms with E-state index in [0.717, 1.165) is 70.8 Å². The minimum atomic E-state index is -0.898. The van der Waals surface area contributed by atoms with Crippen molar-refractivity contribution >= 4 is 11.7 Å². The smallest absolute Gasteiger partial charge is 0.340 e. The number of aryl methyl sites for hydroxylation is 3. The summed E-state index contributed by atoms with van der Waals surface area (Å²) in [7, 11) is 0. The largest absolute Gasteiger partial charge is 0.464 e. The van der Waals surface area contributed by atoms with Crippen LogP contribution < -0.4 is 10.2 Å². The second-order valence-corrected chi connectivity index (χ2v) is 13.8. The molecule has 0 aliphatic carbocycles. The van der Waals surface area contributed by atoms with Gasteiger partial charge in [-0.25, -0.2) is 9.18 Å². The molecule has 1 aromatic heterocycles. The van der Waals surface area contributed by atoms with Crippen LogP contribution in [0, 0.1) is 32.0 Å². The van der Waals surface area contributed by atoms with Gasteiger partial charge >= 0.3 is 5.97 Å². The van der Waals surface area contributed by atoms with Gasteiger partial charge in [0.2, 0.25) is 0 Å². The van der Waals surface area contributed by atoms with E-state index in [0.29, 0.717) is 18.7 Å². The van der Waals surface area contributed by atoms with Crippen molar-refractivity contribution in [1.82, 2.24) is 10.3 Å². The quantitative estimate of drug-likeness (QED) is 0.236. The number of anilines is 1. The molecule has 0 spiro atoms. The van der Waals surface area contributed by atoms with Crippen LogP contribution in [0.25, 0.3) is 11.1 Å². The maximum Gasteiger partial charge on any atom is 0.340 e. The number of nitrogens with one attached hydrogen (secondary N) is 1. The average Bonchev–Trinajstić information content (AvgIpc) is 2.94. The Balaban J connectivity index is 1.73. The summed E-state index contributed by atoms with van der Waals surface area (Å²) < 4.78 is 25.7. The molecule has 1 N–H and O–H groups in total. The lowest BCUT2D eigenvalue weighted by atomic mass is 9.81. The summed E-state index contributed by atoms with van der Waals surface area (Å²) in [5, 5.41) is 3.47. The van der Waals surface area contributed by atoms with Crippen LogP contribution >= 0.6 is 0 Å². The van der Waals surface area contributed by atoms with Gasteiger partial charge in [-0.05, 0) is 95.0 Å². The van der Waals surface area contributed by atoms with E-state index in [1.54, 1.807) is 6.92 Å².